The first kappa shape index (κ1) is 23.4. The SMILES string of the molecule is CCCCc1cn(-c2c(C)cnn2CC)c(=O)n1Cc1cnccc1-c1ccc(-c2nnn[nH]2)cc1. The lowest BCUT2D eigenvalue weighted by molar-refractivity contribution is 0.624. The first-order valence-electron chi connectivity index (χ1n) is 12.2. The molecule has 0 bridgehead atoms. The summed E-state index contributed by atoms with van der Waals surface area (Å²) in [7, 11) is 0. The van der Waals surface area contributed by atoms with Gasteiger partial charge in [0.25, 0.3) is 0 Å². The van der Waals surface area contributed by atoms with Gasteiger partial charge in [-0.2, -0.15) is 5.10 Å². The van der Waals surface area contributed by atoms with Crippen molar-refractivity contribution in [1.29, 1.82) is 0 Å². The predicted octanol–water partition coefficient (Wildman–Crippen LogP) is 3.80. The highest BCUT2D eigenvalue weighted by atomic mass is 16.1. The highest BCUT2D eigenvalue weighted by Gasteiger charge is 2.18. The van der Waals surface area contributed by atoms with E-state index >= 15 is 0 Å². The number of H-pyrrole nitrogens is 1. The van der Waals surface area contributed by atoms with Crippen LogP contribution in [-0.4, -0.2) is 44.5 Å². The highest BCUT2D eigenvalue weighted by molar-refractivity contribution is 5.69. The number of pyridine rings is 1. The van der Waals surface area contributed by atoms with Gasteiger partial charge in [-0.05, 0) is 59.9 Å². The van der Waals surface area contributed by atoms with E-state index in [-0.39, 0.29) is 5.69 Å². The fourth-order valence-corrected chi connectivity index (χ4v) is 4.52. The largest absolute Gasteiger partial charge is 0.334 e. The number of rotatable bonds is 9. The van der Waals surface area contributed by atoms with Crippen LogP contribution in [0.15, 0.2) is 59.9 Å². The molecule has 10 heteroatoms. The second-order valence-electron chi connectivity index (χ2n) is 8.79. The molecule has 0 aliphatic heterocycles. The summed E-state index contributed by atoms with van der Waals surface area (Å²) in [5, 5.41) is 18.5. The van der Waals surface area contributed by atoms with Crippen LogP contribution in [0.1, 0.15) is 43.5 Å². The minimum Gasteiger partial charge on any atom is -0.291 e. The van der Waals surface area contributed by atoms with Gasteiger partial charge in [-0.25, -0.2) is 14.6 Å². The molecule has 0 atom stereocenters. The second kappa shape index (κ2) is 10.1. The topological polar surface area (TPSA) is 112 Å². The Morgan fingerprint density at radius 3 is 2.56 bits per heavy atom. The Hall–Kier alpha value is -4.34. The van der Waals surface area contributed by atoms with Gasteiger partial charge >= 0.3 is 5.69 Å². The van der Waals surface area contributed by atoms with Gasteiger partial charge in [-0.1, -0.05) is 37.6 Å². The first-order valence-corrected chi connectivity index (χ1v) is 12.2. The number of aromatic nitrogens is 9. The molecule has 5 rings (SSSR count). The Kier molecular flexibility index (Phi) is 6.57. The van der Waals surface area contributed by atoms with E-state index in [1.165, 1.54) is 0 Å². The molecule has 184 valence electrons. The van der Waals surface area contributed by atoms with Gasteiger partial charge in [-0.3, -0.25) is 14.1 Å². The molecule has 5 aromatic rings. The number of unbranched alkanes of at least 4 members (excludes halogenated alkanes) is 1. The summed E-state index contributed by atoms with van der Waals surface area (Å²) in [6.45, 7) is 7.30. The molecule has 0 amide bonds. The van der Waals surface area contributed by atoms with Gasteiger partial charge in [0.2, 0.25) is 0 Å². The second-order valence-corrected chi connectivity index (χ2v) is 8.79. The summed E-state index contributed by atoms with van der Waals surface area (Å²) in [4.78, 5) is 18.1. The summed E-state index contributed by atoms with van der Waals surface area (Å²) >= 11 is 0. The number of imidazole rings is 1. The minimum absolute atomic E-state index is 0.0672. The van der Waals surface area contributed by atoms with E-state index in [2.05, 4.69) is 37.6 Å². The van der Waals surface area contributed by atoms with Gasteiger partial charge in [0.05, 0.1) is 12.7 Å². The van der Waals surface area contributed by atoms with Crippen LogP contribution in [0.3, 0.4) is 0 Å². The zero-order valence-corrected chi connectivity index (χ0v) is 20.7. The van der Waals surface area contributed by atoms with Crippen LogP contribution < -0.4 is 5.69 Å². The summed E-state index contributed by atoms with van der Waals surface area (Å²) in [6, 6.07) is 10.0. The normalized spacial score (nSPS) is 11.3. The van der Waals surface area contributed by atoms with Crippen LogP contribution in [-0.2, 0) is 19.5 Å². The van der Waals surface area contributed by atoms with E-state index in [0.29, 0.717) is 18.9 Å². The van der Waals surface area contributed by atoms with E-state index in [4.69, 9.17) is 0 Å². The maximum atomic E-state index is 13.7. The molecule has 36 heavy (non-hydrogen) atoms. The number of aromatic amines is 1. The van der Waals surface area contributed by atoms with E-state index in [0.717, 1.165) is 58.6 Å². The number of nitrogens with zero attached hydrogens (tertiary/aromatic N) is 8. The summed E-state index contributed by atoms with van der Waals surface area (Å²) < 4.78 is 5.48. The minimum atomic E-state index is -0.0672. The van der Waals surface area contributed by atoms with Crippen molar-refractivity contribution in [2.45, 2.75) is 53.1 Å². The molecule has 4 aromatic heterocycles. The van der Waals surface area contributed by atoms with Gasteiger partial charge in [0, 0.05) is 42.0 Å². The molecule has 1 aromatic carbocycles. The van der Waals surface area contributed by atoms with Gasteiger partial charge < -0.3 is 0 Å². The third kappa shape index (κ3) is 4.37. The Labute approximate surface area is 208 Å². The summed E-state index contributed by atoms with van der Waals surface area (Å²) in [6.07, 6.45) is 10.3. The molecular formula is C26H29N9O. The predicted molar refractivity (Wildman–Crippen MR) is 137 cm³/mol. The van der Waals surface area contributed by atoms with E-state index in [1.54, 1.807) is 10.8 Å². The number of benzene rings is 1. The number of aryl methyl sites for hydroxylation is 3. The van der Waals surface area contributed by atoms with Crippen molar-refractivity contribution in [1.82, 2.24) is 44.5 Å². The molecule has 0 aliphatic rings. The van der Waals surface area contributed by atoms with Gasteiger partial charge in [-0.15, -0.1) is 5.10 Å². The third-order valence-electron chi connectivity index (χ3n) is 6.41. The molecule has 0 radical (unpaired) electrons. The Morgan fingerprint density at radius 2 is 1.83 bits per heavy atom. The van der Waals surface area contributed by atoms with Gasteiger partial charge in [0.15, 0.2) is 5.82 Å². The molecule has 0 saturated carbocycles. The monoisotopic (exact) mass is 483 g/mol. The molecule has 1 N–H and O–H groups in total. The van der Waals surface area contributed by atoms with E-state index in [9.17, 15) is 4.79 Å². The summed E-state index contributed by atoms with van der Waals surface area (Å²) in [5.74, 6) is 1.44. The number of nitrogens with one attached hydrogen (secondary N) is 1. The Morgan fingerprint density at radius 1 is 1.03 bits per heavy atom. The summed E-state index contributed by atoms with van der Waals surface area (Å²) in [5.41, 5.74) is 5.86. The van der Waals surface area contributed by atoms with Crippen LogP contribution in [0.4, 0.5) is 0 Å². The fraction of sp³-hybridized carbons (Fsp3) is 0.308. The maximum absolute atomic E-state index is 13.7. The quantitative estimate of drug-likeness (QED) is 0.341. The standard InChI is InChI=1S/C26H29N9O/c1-4-6-7-22-17-34(25-18(3)14-28-35(25)5-2)26(36)33(22)16-21-15-27-13-12-23(21)19-8-10-20(11-9-19)24-29-31-32-30-24/h8-15,17H,4-7,16H2,1-3H3,(H,29,30,31,32). The fourth-order valence-electron chi connectivity index (χ4n) is 4.52. The highest BCUT2D eigenvalue weighted by Crippen LogP contribution is 2.26. The van der Waals surface area contributed by atoms with Crippen molar-refractivity contribution in [3.63, 3.8) is 0 Å². The van der Waals surface area contributed by atoms with E-state index < -0.39 is 0 Å². The molecule has 0 saturated heterocycles. The molecule has 0 fully saturated rings. The Balaban J connectivity index is 1.54. The third-order valence-corrected chi connectivity index (χ3v) is 6.41. The Bertz CT molecular complexity index is 1510. The zero-order valence-electron chi connectivity index (χ0n) is 20.7. The number of tetrazole rings is 1. The van der Waals surface area contributed by atoms with Crippen LogP contribution in [0.25, 0.3) is 28.3 Å². The smallest absolute Gasteiger partial charge is 0.291 e. The van der Waals surface area contributed by atoms with Gasteiger partial charge in [0.1, 0.15) is 5.82 Å². The lowest BCUT2D eigenvalue weighted by atomic mass is 10.00. The van der Waals surface area contributed by atoms with E-state index in [1.807, 2.05) is 72.0 Å². The number of hydrogen-bond donors (Lipinski definition) is 1. The maximum Gasteiger partial charge on any atom is 0.334 e. The molecule has 0 spiro atoms. The number of hydrogen-bond acceptors (Lipinski definition) is 6. The van der Waals surface area contributed by atoms with Crippen molar-refractivity contribution in [3.05, 3.63) is 82.4 Å². The molecular weight excluding hydrogens is 454 g/mol. The van der Waals surface area contributed by atoms with Crippen molar-refractivity contribution in [2.24, 2.45) is 0 Å². The van der Waals surface area contributed by atoms with Crippen LogP contribution in [0.2, 0.25) is 0 Å². The lowest BCUT2D eigenvalue weighted by Gasteiger charge is -2.12. The molecule has 4 heterocycles. The van der Waals surface area contributed by atoms with Crippen molar-refractivity contribution < 1.29 is 0 Å². The van der Waals surface area contributed by atoms with Crippen LogP contribution in [0, 0.1) is 6.92 Å². The van der Waals surface area contributed by atoms with Crippen molar-refractivity contribution in [2.75, 3.05) is 0 Å². The first-order chi connectivity index (χ1) is 17.6. The van der Waals surface area contributed by atoms with Crippen LogP contribution in [0.5, 0.6) is 0 Å². The lowest BCUT2D eigenvalue weighted by Crippen LogP contribution is -2.26. The molecule has 10 nitrogen and oxygen atoms in total. The average Bonchev–Trinajstić information content (AvgIpc) is 3.64. The van der Waals surface area contributed by atoms with Crippen LogP contribution >= 0.6 is 0 Å². The molecule has 0 unspecified atom stereocenters. The van der Waals surface area contributed by atoms with Crippen molar-refractivity contribution >= 4 is 0 Å². The van der Waals surface area contributed by atoms with Crippen molar-refractivity contribution in [3.8, 4) is 28.3 Å². The molecule has 0 aliphatic carbocycles. The zero-order chi connectivity index (χ0) is 25.1. The average molecular weight is 484 g/mol.